The van der Waals surface area contributed by atoms with E-state index in [1.165, 1.54) is 16.4 Å². The lowest BCUT2D eigenvalue weighted by atomic mass is 10.1. The van der Waals surface area contributed by atoms with Gasteiger partial charge in [-0.05, 0) is 43.7 Å². The van der Waals surface area contributed by atoms with Crippen LogP contribution in [0.4, 0.5) is 0 Å². The van der Waals surface area contributed by atoms with Crippen molar-refractivity contribution in [1.82, 2.24) is 14.2 Å². The maximum Gasteiger partial charge on any atom is 0.256 e. The van der Waals surface area contributed by atoms with Crippen LogP contribution in [0.25, 0.3) is 0 Å². The summed E-state index contributed by atoms with van der Waals surface area (Å²) in [5.41, 5.74) is 2.85. The molecule has 0 radical (unpaired) electrons. The first-order chi connectivity index (χ1) is 12.8. The van der Waals surface area contributed by atoms with Gasteiger partial charge in [-0.3, -0.25) is 9.78 Å². The first kappa shape index (κ1) is 17.6. The topological polar surface area (TPSA) is 94.4 Å². The maximum absolute atomic E-state index is 13.2. The Morgan fingerprint density at radius 2 is 1.96 bits per heavy atom. The quantitative estimate of drug-likeness (QED) is 0.789. The molecule has 0 bridgehead atoms. The van der Waals surface area contributed by atoms with Gasteiger partial charge in [0.15, 0.2) is 0 Å². The SMILES string of the molecule is Cc1ccc(C#N)c(S(=O)(=O)N2CCN3C(=O)c4ccc(C)nc4C3C2)c1. The largest absolute Gasteiger partial charge is 0.327 e. The molecule has 7 nitrogen and oxygen atoms in total. The van der Waals surface area contributed by atoms with Gasteiger partial charge in [0.2, 0.25) is 10.0 Å². The minimum Gasteiger partial charge on any atom is -0.327 e. The molecule has 1 aromatic heterocycles. The molecular weight excluding hydrogens is 364 g/mol. The fourth-order valence-corrected chi connectivity index (χ4v) is 5.36. The molecule has 1 saturated heterocycles. The molecule has 0 saturated carbocycles. The zero-order valence-electron chi connectivity index (χ0n) is 15.0. The van der Waals surface area contributed by atoms with Crippen LogP contribution in [0.2, 0.25) is 0 Å². The van der Waals surface area contributed by atoms with Crippen LogP contribution in [-0.4, -0.2) is 48.1 Å². The molecule has 1 atom stereocenters. The summed E-state index contributed by atoms with van der Waals surface area (Å²) in [4.78, 5) is 18.8. The number of amides is 1. The number of sulfonamides is 1. The lowest BCUT2D eigenvalue weighted by Gasteiger charge is -2.36. The predicted octanol–water partition coefficient (Wildman–Crippen LogP) is 1.77. The molecule has 1 fully saturated rings. The second-order valence-electron chi connectivity index (χ2n) is 6.87. The summed E-state index contributed by atoms with van der Waals surface area (Å²) in [5, 5.41) is 9.32. The van der Waals surface area contributed by atoms with E-state index < -0.39 is 16.1 Å². The van der Waals surface area contributed by atoms with Crippen LogP contribution in [0.15, 0.2) is 35.2 Å². The molecule has 0 aliphatic carbocycles. The van der Waals surface area contributed by atoms with Crippen LogP contribution < -0.4 is 0 Å². The number of rotatable bonds is 2. The van der Waals surface area contributed by atoms with Gasteiger partial charge in [-0.2, -0.15) is 9.57 Å². The third kappa shape index (κ3) is 2.71. The fourth-order valence-electron chi connectivity index (χ4n) is 3.69. The Hall–Kier alpha value is -2.76. The third-order valence-corrected chi connectivity index (χ3v) is 6.99. The van der Waals surface area contributed by atoms with Crippen molar-refractivity contribution in [3.05, 3.63) is 58.4 Å². The van der Waals surface area contributed by atoms with E-state index in [1.54, 1.807) is 30.0 Å². The Kier molecular flexibility index (Phi) is 4.02. The molecule has 3 heterocycles. The molecule has 2 aliphatic heterocycles. The monoisotopic (exact) mass is 382 g/mol. The van der Waals surface area contributed by atoms with Gasteiger partial charge in [-0.15, -0.1) is 0 Å². The summed E-state index contributed by atoms with van der Waals surface area (Å²) in [6.45, 7) is 4.26. The summed E-state index contributed by atoms with van der Waals surface area (Å²) in [5.74, 6) is -0.104. The highest BCUT2D eigenvalue weighted by Gasteiger charge is 2.44. The highest BCUT2D eigenvalue weighted by atomic mass is 32.2. The third-order valence-electron chi connectivity index (χ3n) is 5.09. The summed E-state index contributed by atoms with van der Waals surface area (Å²) >= 11 is 0. The zero-order chi connectivity index (χ0) is 19.3. The van der Waals surface area contributed by atoms with Crippen LogP contribution in [0.5, 0.6) is 0 Å². The molecule has 1 amide bonds. The van der Waals surface area contributed by atoms with E-state index in [1.807, 2.05) is 13.0 Å². The molecule has 2 aromatic rings. The molecule has 0 N–H and O–H groups in total. The van der Waals surface area contributed by atoms with Crippen molar-refractivity contribution in [2.75, 3.05) is 19.6 Å². The number of nitrogens with zero attached hydrogens (tertiary/aromatic N) is 4. The highest BCUT2D eigenvalue weighted by Crippen LogP contribution is 2.36. The number of hydrogen-bond acceptors (Lipinski definition) is 5. The maximum atomic E-state index is 13.2. The highest BCUT2D eigenvalue weighted by molar-refractivity contribution is 7.89. The van der Waals surface area contributed by atoms with Crippen molar-refractivity contribution in [2.45, 2.75) is 24.8 Å². The van der Waals surface area contributed by atoms with Crippen LogP contribution in [0.1, 0.15) is 38.9 Å². The fraction of sp³-hybridized carbons (Fsp3) is 0.316. The molecule has 1 unspecified atom stereocenters. The van der Waals surface area contributed by atoms with Gasteiger partial charge in [-0.1, -0.05) is 6.07 Å². The first-order valence-corrected chi connectivity index (χ1v) is 10.1. The Labute approximate surface area is 157 Å². The van der Waals surface area contributed by atoms with E-state index >= 15 is 0 Å². The van der Waals surface area contributed by atoms with E-state index in [0.717, 1.165) is 11.3 Å². The number of pyridine rings is 1. The number of benzene rings is 1. The minimum atomic E-state index is -3.85. The van der Waals surface area contributed by atoms with Crippen molar-refractivity contribution in [3.8, 4) is 6.07 Å². The Bertz CT molecular complexity index is 1100. The molecule has 2 aliphatic rings. The molecular formula is C19H18N4O3S. The molecule has 4 rings (SSSR count). The Balaban J connectivity index is 1.73. The summed E-state index contributed by atoms with van der Waals surface area (Å²) in [6.07, 6.45) is 0. The molecule has 1 aromatic carbocycles. The minimum absolute atomic E-state index is 0.0141. The van der Waals surface area contributed by atoms with E-state index in [0.29, 0.717) is 17.8 Å². The standard InChI is InChI=1S/C19H18N4O3S/c1-12-3-5-14(10-20)17(9-12)27(25,26)22-7-8-23-16(11-22)18-15(19(23)24)6-4-13(2)21-18/h3-6,9,16H,7-8,11H2,1-2H3. The summed E-state index contributed by atoms with van der Waals surface area (Å²) in [6, 6.07) is 9.87. The van der Waals surface area contributed by atoms with Crippen molar-refractivity contribution in [3.63, 3.8) is 0 Å². The Morgan fingerprint density at radius 3 is 2.70 bits per heavy atom. The number of hydrogen-bond donors (Lipinski definition) is 0. The number of nitriles is 1. The van der Waals surface area contributed by atoms with Gasteiger partial charge in [0.1, 0.15) is 11.0 Å². The number of piperazine rings is 1. The molecule has 0 spiro atoms. The van der Waals surface area contributed by atoms with Crippen LogP contribution in [0, 0.1) is 25.2 Å². The number of carbonyl (C=O) groups excluding carboxylic acids is 1. The lowest BCUT2D eigenvalue weighted by molar-refractivity contribution is 0.0625. The smallest absolute Gasteiger partial charge is 0.256 e. The van der Waals surface area contributed by atoms with Crippen molar-refractivity contribution in [1.29, 1.82) is 5.26 Å². The zero-order valence-corrected chi connectivity index (χ0v) is 15.8. The lowest BCUT2D eigenvalue weighted by Crippen LogP contribution is -2.49. The van der Waals surface area contributed by atoms with Crippen molar-refractivity contribution < 1.29 is 13.2 Å². The predicted molar refractivity (Wildman–Crippen MR) is 97.4 cm³/mol. The van der Waals surface area contributed by atoms with Gasteiger partial charge in [-0.25, -0.2) is 8.42 Å². The van der Waals surface area contributed by atoms with E-state index in [-0.39, 0.29) is 29.5 Å². The van der Waals surface area contributed by atoms with Gasteiger partial charge in [0, 0.05) is 25.3 Å². The van der Waals surface area contributed by atoms with Gasteiger partial charge >= 0.3 is 0 Å². The van der Waals surface area contributed by atoms with Gasteiger partial charge in [0.25, 0.3) is 5.91 Å². The van der Waals surface area contributed by atoms with Gasteiger partial charge < -0.3 is 4.90 Å². The normalized spacial score (nSPS) is 19.5. The Morgan fingerprint density at radius 1 is 1.19 bits per heavy atom. The average molecular weight is 382 g/mol. The van der Waals surface area contributed by atoms with Crippen molar-refractivity contribution >= 4 is 15.9 Å². The second-order valence-corrected chi connectivity index (χ2v) is 8.78. The average Bonchev–Trinajstić information content (AvgIpc) is 2.93. The first-order valence-electron chi connectivity index (χ1n) is 8.62. The molecule has 8 heteroatoms. The number of aromatic nitrogens is 1. The van der Waals surface area contributed by atoms with E-state index in [2.05, 4.69) is 4.98 Å². The summed E-state index contributed by atoms with van der Waals surface area (Å²) < 4.78 is 27.8. The number of fused-ring (bicyclic) bond motifs is 3. The van der Waals surface area contributed by atoms with E-state index in [4.69, 9.17) is 0 Å². The van der Waals surface area contributed by atoms with Crippen LogP contribution >= 0.6 is 0 Å². The van der Waals surface area contributed by atoms with Gasteiger partial charge in [0.05, 0.1) is 22.9 Å². The molecule has 138 valence electrons. The van der Waals surface area contributed by atoms with Crippen LogP contribution in [-0.2, 0) is 10.0 Å². The number of carbonyl (C=O) groups is 1. The molecule has 27 heavy (non-hydrogen) atoms. The summed E-state index contributed by atoms with van der Waals surface area (Å²) in [7, 11) is -3.85. The number of aryl methyl sites for hydroxylation is 2. The second kappa shape index (κ2) is 6.15. The van der Waals surface area contributed by atoms with Crippen molar-refractivity contribution in [2.24, 2.45) is 0 Å². The van der Waals surface area contributed by atoms with Crippen LogP contribution in [0.3, 0.4) is 0 Å². The van der Waals surface area contributed by atoms with E-state index in [9.17, 15) is 18.5 Å².